The Hall–Kier alpha value is -2.37. The second-order valence-corrected chi connectivity index (χ2v) is 7.80. The van der Waals surface area contributed by atoms with Gasteiger partial charge in [-0.15, -0.1) is 0 Å². The normalized spacial score (nSPS) is 11.8. The summed E-state index contributed by atoms with van der Waals surface area (Å²) in [6.07, 6.45) is 0. The van der Waals surface area contributed by atoms with Gasteiger partial charge < -0.3 is 4.74 Å². The topological polar surface area (TPSA) is 46.6 Å². The molecule has 0 aliphatic heterocycles. The number of fused-ring (bicyclic) bond motifs is 1. The number of sulfonamides is 1. The van der Waals surface area contributed by atoms with Gasteiger partial charge in [0.05, 0.1) is 11.5 Å². The van der Waals surface area contributed by atoms with Gasteiger partial charge in [-0.1, -0.05) is 54.6 Å². The average molecular weight is 355 g/mol. The number of rotatable bonds is 6. The first kappa shape index (κ1) is 17.5. The van der Waals surface area contributed by atoms with Gasteiger partial charge in [-0.2, -0.15) is 4.31 Å². The second-order valence-electron chi connectivity index (χ2n) is 5.79. The molecule has 0 amide bonds. The molecule has 25 heavy (non-hydrogen) atoms. The molecule has 0 heterocycles. The van der Waals surface area contributed by atoms with Gasteiger partial charge in [0.1, 0.15) is 5.75 Å². The maximum absolute atomic E-state index is 13.1. The molecule has 0 saturated carbocycles. The van der Waals surface area contributed by atoms with E-state index in [4.69, 9.17) is 4.74 Å². The van der Waals surface area contributed by atoms with Crippen LogP contribution in [0.1, 0.15) is 12.5 Å². The van der Waals surface area contributed by atoms with Gasteiger partial charge in [-0.25, -0.2) is 8.42 Å². The van der Waals surface area contributed by atoms with Crippen LogP contribution in [-0.4, -0.2) is 26.4 Å². The molecular formula is C20H21NO3S. The van der Waals surface area contributed by atoms with Crippen LogP contribution in [0.5, 0.6) is 5.75 Å². The second kappa shape index (κ2) is 7.25. The zero-order valence-corrected chi connectivity index (χ0v) is 15.2. The van der Waals surface area contributed by atoms with Crippen LogP contribution < -0.4 is 4.74 Å². The summed E-state index contributed by atoms with van der Waals surface area (Å²) < 4.78 is 33.2. The van der Waals surface area contributed by atoms with Crippen molar-refractivity contribution in [1.82, 2.24) is 4.31 Å². The quantitative estimate of drug-likeness (QED) is 0.670. The molecule has 3 rings (SSSR count). The highest BCUT2D eigenvalue weighted by Gasteiger charge is 2.24. The Bertz CT molecular complexity index is 969. The fraction of sp³-hybridized carbons (Fsp3) is 0.200. The van der Waals surface area contributed by atoms with Crippen LogP contribution in [0, 0.1) is 0 Å². The summed E-state index contributed by atoms with van der Waals surface area (Å²) in [7, 11) is -2.01. The number of benzene rings is 3. The lowest BCUT2D eigenvalue weighted by Crippen LogP contribution is -2.26. The summed E-state index contributed by atoms with van der Waals surface area (Å²) in [4.78, 5) is 0.296. The number of hydrogen-bond acceptors (Lipinski definition) is 3. The molecule has 0 atom stereocenters. The third kappa shape index (κ3) is 3.52. The van der Waals surface area contributed by atoms with Crippen molar-refractivity contribution in [3.05, 3.63) is 72.3 Å². The summed E-state index contributed by atoms with van der Waals surface area (Å²) in [6, 6.07) is 20.4. The Labute approximate surface area is 148 Å². The predicted octanol–water partition coefficient (Wildman–Crippen LogP) is 4.06. The molecular weight excluding hydrogens is 334 g/mol. The van der Waals surface area contributed by atoms with Gasteiger partial charge in [-0.05, 0) is 24.6 Å². The maximum Gasteiger partial charge on any atom is 0.243 e. The number of ether oxygens (including phenoxy) is 1. The van der Waals surface area contributed by atoms with Crippen molar-refractivity contribution >= 4 is 20.8 Å². The van der Waals surface area contributed by atoms with Crippen molar-refractivity contribution in [1.29, 1.82) is 0 Å². The van der Waals surface area contributed by atoms with Gasteiger partial charge in [0.15, 0.2) is 0 Å². The van der Waals surface area contributed by atoms with Crippen LogP contribution in [0.25, 0.3) is 10.8 Å². The zero-order valence-electron chi connectivity index (χ0n) is 14.3. The lowest BCUT2D eigenvalue weighted by Gasteiger charge is -2.19. The smallest absolute Gasteiger partial charge is 0.243 e. The van der Waals surface area contributed by atoms with Crippen LogP contribution in [0.15, 0.2) is 71.6 Å². The van der Waals surface area contributed by atoms with E-state index < -0.39 is 10.0 Å². The van der Waals surface area contributed by atoms with E-state index in [1.807, 2.05) is 61.5 Å². The van der Waals surface area contributed by atoms with Crippen LogP contribution >= 0.6 is 0 Å². The van der Waals surface area contributed by atoms with E-state index in [1.165, 1.54) is 4.31 Å². The highest BCUT2D eigenvalue weighted by molar-refractivity contribution is 7.89. The van der Waals surface area contributed by atoms with Crippen LogP contribution in [0.2, 0.25) is 0 Å². The molecule has 0 bridgehead atoms. The Balaban J connectivity index is 2.04. The Morgan fingerprint density at radius 3 is 2.20 bits per heavy atom. The van der Waals surface area contributed by atoms with Crippen molar-refractivity contribution in [3.63, 3.8) is 0 Å². The minimum absolute atomic E-state index is 0.296. The molecule has 0 saturated heterocycles. The molecule has 0 aromatic heterocycles. The van der Waals surface area contributed by atoms with Crippen molar-refractivity contribution < 1.29 is 13.2 Å². The first-order valence-corrected chi connectivity index (χ1v) is 9.63. The zero-order chi connectivity index (χ0) is 17.9. The molecule has 0 aliphatic carbocycles. The van der Waals surface area contributed by atoms with Crippen LogP contribution in [0.3, 0.4) is 0 Å². The Kier molecular flexibility index (Phi) is 5.06. The van der Waals surface area contributed by atoms with E-state index in [-0.39, 0.29) is 0 Å². The minimum Gasteiger partial charge on any atom is -0.493 e. The van der Waals surface area contributed by atoms with Crippen LogP contribution in [0.4, 0.5) is 0 Å². The van der Waals surface area contributed by atoms with Crippen molar-refractivity contribution in [2.24, 2.45) is 0 Å². The van der Waals surface area contributed by atoms with E-state index in [0.29, 0.717) is 29.2 Å². The summed E-state index contributed by atoms with van der Waals surface area (Å²) in [5.41, 5.74) is 0.948. The largest absolute Gasteiger partial charge is 0.493 e. The summed E-state index contributed by atoms with van der Waals surface area (Å²) in [5.74, 6) is 0.697. The highest BCUT2D eigenvalue weighted by atomic mass is 32.2. The van der Waals surface area contributed by atoms with E-state index >= 15 is 0 Å². The molecule has 3 aromatic carbocycles. The third-order valence-corrected chi connectivity index (χ3v) is 5.94. The third-order valence-electron chi connectivity index (χ3n) is 4.08. The van der Waals surface area contributed by atoms with Crippen LogP contribution in [-0.2, 0) is 16.6 Å². The van der Waals surface area contributed by atoms with Gasteiger partial charge in [-0.3, -0.25) is 0 Å². The SMILES string of the molecule is CCOc1ccc(S(=O)(=O)N(C)Cc2ccccc2)c2ccccc12. The van der Waals surface area contributed by atoms with Crippen molar-refractivity contribution in [2.75, 3.05) is 13.7 Å². The standard InChI is InChI=1S/C20H21NO3S/c1-3-24-19-13-14-20(18-12-8-7-11-17(18)19)25(22,23)21(2)15-16-9-5-4-6-10-16/h4-14H,3,15H2,1-2H3. The van der Waals surface area contributed by atoms with Crippen molar-refractivity contribution in [3.8, 4) is 5.75 Å². The average Bonchev–Trinajstić information content (AvgIpc) is 2.63. The fourth-order valence-corrected chi connectivity index (χ4v) is 4.19. The first-order chi connectivity index (χ1) is 12.0. The van der Waals surface area contributed by atoms with Crippen molar-refractivity contribution in [2.45, 2.75) is 18.4 Å². The van der Waals surface area contributed by atoms with Gasteiger partial charge in [0, 0.05) is 24.4 Å². The molecule has 0 spiro atoms. The predicted molar refractivity (Wildman–Crippen MR) is 100 cm³/mol. The first-order valence-electron chi connectivity index (χ1n) is 8.19. The minimum atomic E-state index is -3.62. The van der Waals surface area contributed by atoms with E-state index in [2.05, 4.69) is 0 Å². The van der Waals surface area contributed by atoms with Gasteiger partial charge >= 0.3 is 0 Å². The molecule has 130 valence electrons. The maximum atomic E-state index is 13.1. The van der Waals surface area contributed by atoms with E-state index in [1.54, 1.807) is 19.2 Å². The molecule has 3 aromatic rings. The summed E-state index contributed by atoms with van der Waals surface area (Å²) >= 11 is 0. The van der Waals surface area contributed by atoms with E-state index in [0.717, 1.165) is 10.9 Å². The monoisotopic (exact) mass is 355 g/mol. The summed E-state index contributed by atoms with van der Waals surface area (Å²) in [5, 5.41) is 1.48. The molecule has 0 unspecified atom stereocenters. The lowest BCUT2D eigenvalue weighted by atomic mass is 10.1. The number of hydrogen-bond donors (Lipinski definition) is 0. The fourth-order valence-electron chi connectivity index (χ4n) is 2.84. The summed E-state index contributed by atoms with van der Waals surface area (Å²) in [6.45, 7) is 2.77. The highest BCUT2D eigenvalue weighted by Crippen LogP contribution is 2.32. The van der Waals surface area contributed by atoms with E-state index in [9.17, 15) is 8.42 Å². The van der Waals surface area contributed by atoms with Gasteiger partial charge in [0.25, 0.3) is 0 Å². The Morgan fingerprint density at radius 2 is 1.52 bits per heavy atom. The Morgan fingerprint density at radius 1 is 0.880 bits per heavy atom. The molecule has 0 fully saturated rings. The molecule has 0 radical (unpaired) electrons. The molecule has 0 aliphatic rings. The van der Waals surface area contributed by atoms with Gasteiger partial charge in [0.2, 0.25) is 10.0 Å². The number of nitrogens with zero attached hydrogens (tertiary/aromatic N) is 1. The molecule has 0 N–H and O–H groups in total. The lowest BCUT2D eigenvalue weighted by molar-refractivity contribution is 0.344. The molecule has 5 heteroatoms. The molecule has 4 nitrogen and oxygen atoms in total.